The van der Waals surface area contributed by atoms with Gasteiger partial charge in [0.25, 0.3) is 5.56 Å². The Kier molecular flexibility index (Phi) is 4.31. The van der Waals surface area contributed by atoms with Crippen molar-refractivity contribution in [2.45, 2.75) is 49.5 Å². The van der Waals surface area contributed by atoms with Crippen molar-refractivity contribution in [1.29, 1.82) is 0 Å². The molecular formula is C19H18ClNO6S. The van der Waals surface area contributed by atoms with Gasteiger partial charge in [-0.3, -0.25) is 4.79 Å². The van der Waals surface area contributed by atoms with Crippen molar-refractivity contribution in [3.63, 3.8) is 0 Å². The maximum Gasteiger partial charge on any atom is 0.344 e. The average molecular weight is 424 g/mol. The van der Waals surface area contributed by atoms with Crippen molar-refractivity contribution in [3.8, 4) is 17.0 Å². The van der Waals surface area contributed by atoms with Crippen molar-refractivity contribution in [2.75, 3.05) is 0 Å². The van der Waals surface area contributed by atoms with Crippen LogP contribution < -0.4 is 5.56 Å². The van der Waals surface area contributed by atoms with E-state index in [0.717, 1.165) is 18.9 Å². The van der Waals surface area contributed by atoms with E-state index < -0.39 is 27.5 Å². The van der Waals surface area contributed by atoms with Gasteiger partial charge in [0.05, 0.1) is 27.5 Å². The van der Waals surface area contributed by atoms with Crippen LogP contribution in [0.2, 0.25) is 5.02 Å². The summed E-state index contributed by atoms with van der Waals surface area (Å²) in [6.45, 7) is 3.34. The van der Waals surface area contributed by atoms with E-state index in [2.05, 4.69) is 0 Å². The van der Waals surface area contributed by atoms with Crippen LogP contribution in [-0.4, -0.2) is 30.2 Å². The van der Waals surface area contributed by atoms with Gasteiger partial charge >= 0.3 is 5.97 Å². The molecule has 148 valence electrons. The molecular weight excluding hydrogens is 406 g/mol. The van der Waals surface area contributed by atoms with Crippen molar-refractivity contribution in [2.24, 2.45) is 0 Å². The van der Waals surface area contributed by atoms with Gasteiger partial charge in [0.15, 0.2) is 9.84 Å². The smallest absolute Gasteiger partial charge is 0.344 e. The van der Waals surface area contributed by atoms with E-state index in [0.29, 0.717) is 11.3 Å². The molecule has 1 N–H and O–H groups in total. The lowest BCUT2D eigenvalue weighted by Gasteiger charge is -2.25. The SMILES string of the molecule is CC(C)OC(=O)c1cc2c(n(C3CC3)c1=O)-c1cc(Cl)c(O)cc1S(=O)(=O)C2. The molecule has 2 heterocycles. The quantitative estimate of drug-likeness (QED) is 0.761. The first-order valence-corrected chi connectivity index (χ1v) is 10.9. The lowest BCUT2D eigenvalue weighted by Crippen LogP contribution is -2.32. The minimum absolute atomic E-state index is 0.0140. The predicted molar refractivity (Wildman–Crippen MR) is 103 cm³/mol. The number of hydrogen-bond donors (Lipinski definition) is 1. The number of phenols is 1. The standard InChI is InChI=1S/C19H18ClNO6S/c1-9(2)27-19(24)13-5-10-8-28(25,26)16-7-15(22)14(20)6-12(16)17(10)21(18(13)23)11-3-4-11/h5-7,9,11,22H,3-4,8H2,1-2H3. The van der Waals surface area contributed by atoms with Crippen LogP contribution in [0.3, 0.4) is 0 Å². The van der Waals surface area contributed by atoms with Crippen molar-refractivity contribution in [3.05, 3.63) is 44.7 Å². The normalized spacial score (nSPS) is 17.1. The number of sulfone groups is 1. The summed E-state index contributed by atoms with van der Waals surface area (Å²) >= 11 is 6.03. The Hall–Kier alpha value is -2.32. The number of ether oxygens (including phenoxy) is 1. The second kappa shape index (κ2) is 6.35. The molecule has 1 aromatic heterocycles. The fraction of sp³-hybridized carbons (Fsp3) is 0.368. The van der Waals surface area contributed by atoms with E-state index in [1.54, 1.807) is 13.8 Å². The summed E-state index contributed by atoms with van der Waals surface area (Å²) in [5.41, 5.74) is 0.345. The summed E-state index contributed by atoms with van der Waals surface area (Å²) in [6, 6.07) is 3.65. The molecule has 1 saturated carbocycles. The second-order valence-electron chi connectivity index (χ2n) is 7.35. The van der Waals surface area contributed by atoms with Gasteiger partial charge in [-0.1, -0.05) is 11.6 Å². The number of aromatic nitrogens is 1. The molecule has 0 unspecified atom stereocenters. The number of phenolic OH excluding ortho intramolecular Hbond substituents is 1. The van der Waals surface area contributed by atoms with Gasteiger partial charge in [0.1, 0.15) is 11.3 Å². The second-order valence-corrected chi connectivity index (χ2v) is 9.72. The molecule has 0 radical (unpaired) electrons. The number of hydrogen-bond acceptors (Lipinski definition) is 6. The fourth-order valence-corrected chi connectivity index (χ4v) is 5.21. The zero-order valence-corrected chi connectivity index (χ0v) is 16.8. The van der Waals surface area contributed by atoms with E-state index in [9.17, 15) is 23.1 Å². The third kappa shape index (κ3) is 3.00. The van der Waals surface area contributed by atoms with Crippen LogP contribution >= 0.6 is 11.6 Å². The number of carbonyl (C=O) groups excluding carboxylic acids is 1. The summed E-state index contributed by atoms with van der Waals surface area (Å²) in [4.78, 5) is 25.4. The highest BCUT2D eigenvalue weighted by molar-refractivity contribution is 7.90. The van der Waals surface area contributed by atoms with E-state index in [1.165, 1.54) is 16.7 Å². The van der Waals surface area contributed by atoms with Crippen molar-refractivity contribution in [1.82, 2.24) is 4.57 Å². The number of esters is 1. The summed E-state index contributed by atoms with van der Waals surface area (Å²) in [5.74, 6) is -1.50. The van der Waals surface area contributed by atoms with Crippen LogP contribution in [-0.2, 0) is 20.3 Å². The number of rotatable bonds is 3. The fourth-order valence-electron chi connectivity index (χ4n) is 3.48. The summed E-state index contributed by atoms with van der Waals surface area (Å²) < 4.78 is 32.2. The van der Waals surface area contributed by atoms with Crippen LogP contribution in [0.15, 0.2) is 27.9 Å². The molecule has 0 bridgehead atoms. The Morgan fingerprint density at radius 2 is 1.96 bits per heavy atom. The maximum absolute atomic E-state index is 13.1. The van der Waals surface area contributed by atoms with E-state index in [1.807, 2.05) is 0 Å². The van der Waals surface area contributed by atoms with E-state index >= 15 is 0 Å². The number of benzene rings is 1. The van der Waals surface area contributed by atoms with Crippen LogP contribution in [0.4, 0.5) is 0 Å². The zero-order chi connectivity index (χ0) is 20.4. The van der Waals surface area contributed by atoms with Crippen LogP contribution in [0.25, 0.3) is 11.3 Å². The molecule has 28 heavy (non-hydrogen) atoms. The van der Waals surface area contributed by atoms with Crippen molar-refractivity contribution < 1.29 is 23.1 Å². The maximum atomic E-state index is 13.1. The van der Waals surface area contributed by atoms with Gasteiger partial charge in [0, 0.05) is 17.7 Å². The molecule has 0 saturated heterocycles. The van der Waals surface area contributed by atoms with Gasteiger partial charge in [-0.25, -0.2) is 13.2 Å². The number of fused-ring (bicyclic) bond motifs is 3. The predicted octanol–water partition coefficient (Wildman–Crippen LogP) is 3.06. The number of nitrogens with zero attached hydrogens (tertiary/aromatic N) is 1. The Bertz CT molecular complexity index is 1180. The first-order valence-electron chi connectivity index (χ1n) is 8.85. The summed E-state index contributed by atoms with van der Waals surface area (Å²) in [6.07, 6.45) is 1.09. The Balaban J connectivity index is 2.04. The molecule has 0 amide bonds. The molecule has 7 nitrogen and oxygen atoms in total. The topological polar surface area (TPSA) is 103 Å². The number of carbonyl (C=O) groups is 1. The molecule has 2 aromatic rings. The zero-order valence-electron chi connectivity index (χ0n) is 15.2. The lowest BCUT2D eigenvalue weighted by atomic mass is 10.0. The van der Waals surface area contributed by atoms with Crippen molar-refractivity contribution >= 4 is 27.4 Å². The summed E-state index contributed by atoms with van der Waals surface area (Å²) in [7, 11) is -3.78. The van der Waals surface area contributed by atoms with Gasteiger partial charge in [-0.2, -0.15) is 0 Å². The average Bonchev–Trinajstić information content (AvgIpc) is 3.40. The monoisotopic (exact) mass is 423 g/mol. The third-order valence-electron chi connectivity index (χ3n) is 4.77. The van der Waals surface area contributed by atoms with Crippen LogP contribution in [0.5, 0.6) is 5.75 Å². The minimum Gasteiger partial charge on any atom is -0.506 e. The highest BCUT2D eigenvalue weighted by Gasteiger charge is 2.37. The third-order valence-corrected chi connectivity index (χ3v) is 6.77. The van der Waals surface area contributed by atoms with Crippen LogP contribution in [0.1, 0.15) is 48.7 Å². The van der Waals surface area contributed by atoms with Gasteiger partial charge in [-0.15, -0.1) is 0 Å². The molecule has 1 fully saturated rings. The first kappa shape index (κ1) is 19.0. The van der Waals surface area contributed by atoms with Gasteiger partial charge in [-0.05, 0) is 44.4 Å². The largest absolute Gasteiger partial charge is 0.506 e. The highest BCUT2D eigenvalue weighted by Crippen LogP contribution is 2.45. The Morgan fingerprint density at radius 1 is 1.29 bits per heavy atom. The van der Waals surface area contributed by atoms with Gasteiger partial charge < -0.3 is 14.4 Å². The first-order chi connectivity index (χ1) is 13.1. The molecule has 1 aliphatic heterocycles. The molecule has 4 rings (SSSR count). The molecule has 9 heteroatoms. The lowest BCUT2D eigenvalue weighted by molar-refractivity contribution is 0.0375. The molecule has 0 atom stereocenters. The van der Waals surface area contributed by atoms with E-state index in [4.69, 9.17) is 16.3 Å². The highest BCUT2D eigenvalue weighted by atomic mass is 35.5. The Morgan fingerprint density at radius 3 is 2.57 bits per heavy atom. The molecule has 1 aromatic carbocycles. The van der Waals surface area contributed by atoms with Gasteiger partial charge in [0.2, 0.25) is 0 Å². The van der Waals surface area contributed by atoms with Crippen LogP contribution in [0, 0.1) is 0 Å². The Labute approximate surface area is 166 Å². The van der Waals surface area contributed by atoms with E-state index in [-0.39, 0.29) is 38.6 Å². The number of halogens is 1. The minimum atomic E-state index is -3.78. The molecule has 2 aliphatic rings. The number of aromatic hydroxyl groups is 1. The molecule has 1 aliphatic carbocycles. The number of pyridine rings is 1. The molecule has 0 spiro atoms. The summed E-state index contributed by atoms with van der Waals surface area (Å²) in [5, 5.41) is 9.86.